The molecule has 3 aromatic rings. The summed E-state index contributed by atoms with van der Waals surface area (Å²) in [6.45, 7) is 7.64. The van der Waals surface area contributed by atoms with E-state index >= 15 is 0 Å². The van der Waals surface area contributed by atoms with Gasteiger partial charge in [0.05, 0.1) is 6.61 Å². The molecular formula is C26H28N2O3P. The fourth-order valence-corrected chi connectivity index (χ4v) is 7.33. The lowest BCUT2D eigenvalue weighted by atomic mass is 9.99. The van der Waals surface area contributed by atoms with Gasteiger partial charge in [-0.3, -0.25) is 4.79 Å². The maximum atomic E-state index is 13.2. The van der Waals surface area contributed by atoms with Gasteiger partial charge in [-0.15, -0.1) is 0 Å². The van der Waals surface area contributed by atoms with E-state index in [1.807, 2.05) is 100 Å². The van der Waals surface area contributed by atoms with Crippen molar-refractivity contribution < 1.29 is 14.4 Å². The molecule has 6 heteroatoms. The summed E-state index contributed by atoms with van der Waals surface area (Å²) in [4.78, 5) is 25.6. The molecule has 1 heterocycles. The summed E-state index contributed by atoms with van der Waals surface area (Å²) < 4.78 is 9.46. The third-order valence-corrected chi connectivity index (χ3v) is 8.92. The molecule has 1 atom stereocenters. The van der Waals surface area contributed by atoms with Gasteiger partial charge in [-0.05, 0) is 36.8 Å². The van der Waals surface area contributed by atoms with E-state index in [0.717, 1.165) is 16.9 Å². The normalized spacial score (nSPS) is 15.9. The molecule has 1 radical (unpaired) electrons. The SMILES string of the molecule is C=C(C(C(=O)OCC)c1ccccc1)[P]1(O)N(c2ccccc2)CCN1c1ccccc1. The maximum Gasteiger partial charge on any atom is 0.318 e. The Morgan fingerprint density at radius 2 is 1.34 bits per heavy atom. The van der Waals surface area contributed by atoms with Crippen molar-refractivity contribution in [2.24, 2.45) is 0 Å². The van der Waals surface area contributed by atoms with E-state index in [1.54, 1.807) is 6.92 Å². The second-order valence-corrected chi connectivity index (χ2v) is 10.2. The molecule has 0 aromatic heterocycles. The molecule has 5 nitrogen and oxygen atoms in total. The molecule has 1 aliphatic rings. The molecule has 0 bridgehead atoms. The number of carbonyl (C=O) groups is 1. The number of hydrogen-bond donors (Lipinski definition) is 1. The first-order valence-electron chi connectivity index (χ1n) is 10.8. The van der Waals surface area contributed by atoms with Gasteiger partial charge in [0.15, 0.2) is 7.79 Å². The van der Waals surface area contributed by atoms with Crippen molar-refractivity contribution >= 4 is 25.1 Å². The molecule has 0 saturated carbocycles. The molecule has 1 N–H and O–H groups in total. The fourth-order valence-electron chi connectivity index (χ4n) is 4.20. The number of ether oxygens (including phenoxy) is 1. The lowest BCUT2D eigenvalue weighted by Crippen LogP contribution is -2.30. The van der Waals surface area contributed by atoms with E-state index < -0.39 is 19.7 Å². The van der Waals surface area contributed by atoms with E-state index in [1.165, 1.54) is 0 Å². The van der Waals surface area contributed by atoms with Gasteiger partial charge in [0, 0.05) is 29.8 Å². The van der Waals surface area contributed by atoms with Gasteiger partial charge in [0.2, 0.25) is 0 Å². The monoisotopic (exact) mass is 447 g/mol. The summed E-state index contributed by atoms with van der Waals surface area (Å²) in [5.41, 5.74) is 2.56. The quantitative estimate of drug-likeness (QED) is 0.376. The number of para-hydroxylation sites is 2. The van der Waals surface area contributed by atoms with Gasteiger partial charge in [-0.2, -0.15) is 0 Å². The standard InChI is InChI=1S/C26H28N2O3P/c1-3-31-26(29)25(22-13-7-4-8-14-22)21(2)32(30)27(23-15-9-5-10-16-23)19-20-28(32)24-17-11-6-12-18-24/h4-18,25,30H,2-3,19-20H2,1H3. The van der Waals surface area contributed by atoms with Crippen LogP contribution in [0.4, 0.5) is 11.4 Å². The van der Waals surface area contributed by atoms with Crippen molar-refractivity contribution in [1.29, 1.82) is 0 Å². The molecule has 3 aromatic carbocycles. The van der Waals surface area contributed by atoms with Crippen LogP contribution in [-0.4, -0.2) is 30.6 Å². The van der Waals surface area contributed by atoms with Crippen molar-refractivity contribution in [3.05, 3.63) is 108 Å². The molecule has 32 heavy (non-hydrogen) atoms. The second-order valence-electron chi connectivity index (χ2n) is 7.57. The molecule has 0 amide bonds. The van der Waals surface area contributed by atoms with Crippen molar-refractivity contribution in [3.63, 3.8) is 0 Å². The first-order chi connectivity index (χ1) is 15.6. The predicted octanol–water partition coefficient (Wildman–Crippen LogP) is 5.63. The summed E-state index contributed by atoms with van der Waals surface area (Å²) >= 11 is 0. The molecule has 4 rings (SSSR count). The maximum absolute atomic E-state index is 13.2. The Balaban J connectivity index is 1.84. The highest BCUT2D eigenvalue weighted by Crippen LogP contribution is 2.74. The van der Waals surface area contributed by atoms with E-state index in [9.17, 15) is 9.69 Å². The Hall–Kier alpha value is -3.14. The Labute approximate surface area is 190 Å². The van der Waals surface area contributed by atoms with Crippen LogP contribution in [0, 0.1) is 0 Å². The van der Waals surface area contributed by atoms with Gasteiger partial charge in [0.25, 0.3) is 0 Å². The Morgan fingerprint density at radius 1 is 0.906 bits per heavy atom. The second kappa shape index (κ2) is 9.56. The largest absolute Gasteiger partial charge is 0.465 e. The van der Waals surface area contributed by atoms with Crippen LogP contribution in [0.1, 0.15) is 18.4 Å². The predicted molar refractivity (Wildman–Crippen MR) is 132 cm³/mol. The number of esters is 1. The first-order valence-corrected chi connectivity index (χ1v) is 12.4. The zero-order valence-electron chi connectivity index (χ0n) is 18.2. The topological polar surface area (TPSA) is 53.0 Å². The Kier molecular flexibility index (Phi) is 6.59. The zero-order chi connectivity index (χ0) is 22.6. The first kappa shape index (κ1) is 22.1. The van der Waals surface area contributed by atoms with E-state index in [0.29, 0.717) is 18.4 Å². The number of carbonyl (C=O) groups excluding carboxylic acids is 1. The van der Waals surface area contributed by atoms with E-state index in [-0.39, 0.29) is 6.61 Å². The highest BCUT2D eigenvalue weighted by atomic mass is 31.2. The minimum absolute atomic E-state index is 0.261. The van der Waals surface area contributed by atoms with Crippen molar-refractivity contribution in [2.45, 2.75) is 12.8 Å². The van der Waals surface area contributed by atoms with Crippen LogP contribution in [-0.2, 0) is 9.53 Å². The number of nitrogens with zero attached hydrogens (tertiary/aromatic N) is 2. The highest BCUT2D eigenvalue weighted by molar-refractivity contribution is 7.77. The zero-order valence-corrected chi connectivity index (χ0v) is 19.1. The molecule has 1 aliphatic heterocycles. The molecule has 0 spiro atoms. The molecule has 1 unspecified atom stereocenters. The van der Waals surface area contributed by atoms with Crippen LogP contribution >= 0.6 is 7.79 Å². The third kappa shape index (κ3) is 4.02. The van der Waals surface area contributed by atoms with Crippen molar-refractivity contribution in [1.82, 2.24) is 0 Å². The van der Waals surface area contributed by atoms with E-state index in [4.69, 9.17) is 4.74 Å². The fraction of sp³-hybridized carbons (Fsp3) is 0.192. The smallest absolute Gasteiger partial charge is 0.318 e. The number of benzene rings is 3. The highest BCUT2D eigenvalue weighted by Gasteiger charge is 2.51. The Morgan fingerprint density at radius 3 is 1.78 bits per heavy atom. The van der Waals surface area contributed by atoms with Gasteiger partial charge < -0.3 is 19.0 Å². The van der Waals surface area contributed by atoms with Crippen molar-refractivity contribution in [3.8, 4) is 0 Å². The van der Waals surface area contributed by atoms with Crippen LogP contribution in [0.15, 0.2) is 103 Å². The van der Waals surface area contributed by atoms with E-state index in [2.05, 4.69) is 6.58 Å². The lowest BCUT2D eigenvalue weighted by Gasteiger charge is -2.45. The van der Waals surface area contributed by atoms with Crippen LogP contribution in [0.2, 0.25) is 0 Å². The molecule has 165 valence electrons. The van der Waals surface area contributed by atoms with Crippen molar-refractivity contribution in [2.75, 3.05) is 29.0 Å². The number of rotatable bonds is 7. The van der Waals surface area contributed by atoms with Crippen LogP contribution in [0.25, 0.3) is 0 Å². The van der Waals surface area contributed by atoms with Crippen LogP contribution in [0.3, 0.4) is 0 Å². The molecule has 1 fully saturated rings. The summed E-state index contributed by atoms with van der Waals surface area (Å²) in [5.74, 6) is -1.17. The average molecular weight is 447 g/mol. The summed E-state index contributed by atoms with van der Waals surface area (Å²) in [7, 11) is -3.20. The minimum atomic E-state index is -3.20. The number of hydrogen-bond acceptors (Lipinski definition) is 5. The Bertz CT molecular complexity index is 1010. The number of anilines is 2. The summed E-state index contributed by atoms with van der Waals surface area (Å²) in [5, 5.41) is 0.465. The van der Waals surface area contributed by atoms with Gasteiger partial charge >= 0.3 is 5.97 Å². The average Bonchev–Trinajstić information content (AvgIpc) is 3.19. The van der Waals surface area contributed by atoms with Gasteiger partial charge in [0.1, 0.15) is 5.92 Å². The lowest BCUT2D eigenvalue weighted by molar-refractivity contribution is -0.143. The molecule has 0 aliphatic carbocycles. The summed E-state index contributed by atoms with van der Waals surface area (Å²) in [6.07, 6.45) is 0. The van der Waals surface area contributed by atoms with Crippen LogP contribution in [0.5, 0.6) is 0 Å². The molecule has 1 saturated heterocycles. The minimum Gasteiger partial charge on any atom is -0.465 e. The third-order valence-electron chi connectivity index (χ3n) is 5.68. The van der Waals surface area contributed by atoms with Gasteiger partial charge in [-0.25, -0.2) is 0 Å². The molecular weight excluding hydrogens is 419 g/mol. The van der Waals surface area contributed by atoms with Crippen LogP contribution < -0.4 is 9.34 Å². The summed E-state index contributed by atoms with van der Waals surface area (Å²) in [6, 6.07) is 29.1. The van der Waals surface area contributed by atoms with Gasteiger partial charge in [-0.1, -0.05) is 73.3 Å².